The fourth-order valence-electron chi connectivity index (χ4n) is 2.57. The molecule has 0 bridgehead atoms. The number of halogens is 1. The molecular weight excluding hydrogens is 426 g/mol. The van der Waals surface area contributed by atoms with Gasteiger partial charge in [0, 0.05) is 12.3 Å². The normalized spacial score (nSPS) is 23.7. The molecule has 0 aliphatic carbocycles. The second kappa shape index (κ2) is 7.32. The molecule has 0 spiro atoms. The van der Waals surface area contributed by atoms with Crippen molar-refractivity contribution in [2.75, 3.05) is 13.7 Å². The molecule has 2 aliphatic rings. The number of fused-ring (bicyclic) bond motifs is 1. The average Bonchev–Trinajstić information content (AvgIpc) is 3.07. The maximum atomic E-state index is 12.4. The molecule has 0 N–H and O–H groups in total. The maximum Gasteiger partial charge on any atom is 0.355 e. The Balaban J connectivity index is 1.58. The van der Waals surface area contributed by atoms with Crippen LogP contribution in [0.5, 0.6) is 5.75 Å². The number of carbonyl (C=O) groups excluding carboxylic acids is 3. The van der Waals surface area contributed by atoms with Crippen LogP contribution < -0.4 is 4.74 Å². The van der Waals surface area contributed by atoms with Gasteiger partial charge in [-0.2, -0.15) is 0 Å². The van der Waals surface area contributed by atoms with E-state index in [0.717, 1.165) is 5.56 Å². The van der Waals surface area contributed by atoms with Crippen LogP contribution in [0.3, 0.4) is 0 Å². The molecule has 1 unspecified atom stereocenters. The molecule has 0 saturated carbocycles. The number of benzene rings is 1. The number of β-lactam (4-membered cyclic amide) rings is 1. The Morgan fingerprint density at radius 3 is 2.58 bits per heavy atom. The maximum absolute atomic E-state index is 12.4. The number of alkyl halides is 1. The number of nitrogens with zero attached hydrogens (tertiary/aromatic N) is 1. The van der Waals surface area contributed by atoms with E-state index in [0.29, 0.717) is 5.75 Å². The molecule has 1 saturated heterocycles. The summed E-state index contributed by atoms with van der Waals surface area (Å²) in [7, 11) is 1.57. The van der Waals surface area contributed by atoms with E-state index in [2.05, 4.69) is 15.9 Å². The summed E-state index contributed by atoms with van der Waals surface area (Å²) in [4.78, 5) is 37.1. The minimum Gasteiger partial charge on any atom is -0.497 e. The predicted octanol–water partition coefficient (Wildman–Crippen LogP) is 2.19. The highest BCUT2D eigenvalue weighted by atomic mass is 79.9. The van der Waals surface area contributed by atoms with Gasteiger partial charge in [-0.15, -0.1) is 11.8 Å². The van der Waals surface area contributed by atoms with Gasteiger partial charge in [0.2, 0.25) is 0 Å². The zero-order valence-electron chi connectivity index (χ0n) is 14.1. The molecule has 0 aromatic heterocycles. The lowest BCUT2D eigenvalue weighted by atomic mass is 9.98. The van der Waals surface area contributed by atoms with Gasteiger partial charge >= 0.3 is 11.9 Å². The predicted molar refractivity (Wildman–Crippen MR) is 97.4 cm³/mol. The lowest BCUT2D eigenvalue weighted by molar-refractivity contribution is -0.156. The summed E-state index contributed by atoms with van der Waals surface area (Å²) in [6.45, 7) is 1.28. The molecule has 2 aliphatic heterocycles. The molecule has 1 aromatic carbocycles. The highest BCUT2D eigenvalue weighted by molar-refractivity contribution is 9.10. The molecule has 2 atom stereocenters. The number of hydrogen-bond donors (Lipinski definition) is 0. The number of thioether (sulfide) groups is 1. The van der Waals surface area contributed by atoms with Crippen molar-refractivity contribution in [3.05, 3.63) is 40.9 Å². The first-order chi connectivity index (χ1) is 12.4. The van der Waals surface area contributed by atoms with Crippen molar-refractivity contribution in [1.29, 1.82) is 0 Å². The van der Waals surface area contributed by atoms with Gasteiger partial charge in [-0.3, -0.25) is 14.5 Å². The summed E-state index contributed by atoms with van der Waals surface area (Å²) in [5, 5.41) is 1.24. The van der Waals surface area contributed by atoms with Gasteiger partial charge in [-0.05, 0) is 17.7 Å². The SMILES string of the molecule is COc1ccc(COC(=O)C2=CS[C@H]3N2C(=O)C3(Br)COC(C)=O)cc1. The van der Waals surface area contributed by atoms with Crippen LogP contribution in [0.25, 0.3) is 0 Å². The summed E-state index contributed by atoms with van der Waals surface area (Å²) < 4.78 is 14.3. The topological polar surface area (TPSA) is 82.1 Å². The minimum absolute atomic E-state index is 0.0860. The van der Waals surface area contributed by atoms with E-state index in [-0.39, 0.29) is 30.2 Å². The van der Waals surface area contributed by atoms with E-state index < -0.39 is 16.3 Å². The van der Waals surface area contributed by atoms with Crippen LogP contribution in [0.15, 0.2) is 35.4 Å². The fraction of sp³-hybridized carbons (Fsp3) is 0.353. The van der Waals surface area contributed by atoms with E-state index >= 15 is 0 Å². The number of esters is 2. The van der Waals surface area contributed by atoms with Crippen molar-refractivity contribution < 1.29 is 28.6 Å². The zero-order valence-corrected chi connectivity index (χ0v) is 16.5. The second-order valence-electron chi connectivity index (χ2n) is 5.73. The van der Waals surface area contributed by atoms with Crippen molar-refractivity contribution in [3.8, 4) is 5.75 Å². The molecule has 1 fully saturated rings. The van der Waals surface area contributed by atoms with Gasteiger partial charge in [0.1, 0.15) is 30.0 Å². The van der Waals surface area contributed by atoms with E-state index in [9.17, 15) is 14.4 Å². The first-order valence-electron chi connectivity index (χ1n) is 7.68. The van der Waals surface area contributed by atoms with Gasteiger partial charge in [-0.25, -0.2) is 4.79 Å². The van der Waals surface area contributed by atoms with Crippen molar-refractivity contribution in [3.63, 3.8) is 0 Å². The molecular formula is C17H16BrNO6S. The quantitative estimate of drug-likeness (QED) is 0.380. The third-order valence-electron chi connectivity index (χ3n) is 3.99. The van der Waals surface area contributed by atoms with Gasteiger partial charge in [0.05, 0.1) is 7.11 Å². The number of amides is 1. The van der Waals surface area contributed by atoms with E-state index in [4.69, 9.17) is 14.2 Å². The molecule has 1 amide bonds. The Morgan fingerprint density at radius 1 is 1.27 bits per heavy atom. The Labute approximate surface area is 162 Å². The molecule has 3 rings (SSSR count). The van der Waals surface area contributed by atoms with E-state index in [1.54, 1.807) is 36.8 Å². The summed E-state index contributed by atoms with van der Waals surface area (Å²) in [5.74, 6) is -0.664. The molecule has 2 heterocycles. The Morgan fingerprint density at radius 2 is 1.96 bits per heavy atom. The minimum atomic E-state index is -1.02. The third kappa shape index (κ3) is 3.33. The molecule has 7 nitrogen and oxygen atoms in total. The molecule has 138 valence electrons. The number of methoxy groups -OCH3 is 1. The van der Waals surface area contributed by atoms with Crippen LogP contribution >= 0.6 is 27.7 Å². The Kier molecular flexibility index (Phi) is 5.29. The summed E-state index contributed by atoms with van der Waals surface area (Å²) in [6.07, 6.45) is 0. The van der Waals surface area contributed by atoms with E-state index in [1.807, 2.05) is 0 Å². The van der Waals surface area contributed by atoms with Crippen molar-refractivity contribution in [2.45, 2.75) is 23.2 Å². The van der Waals surface area contributed by atoms with Crippen molar-refractivity contribution >= 4 is 45.5 Å². The van der Waals surface area contributed by atoms with Crippen LogP contribution in [-0.4, -0.2) is 46.2 Å². The van der Waals surface area contributed by atoms with Gasteiger partial charge in [-0.1, -0.05) is 28.1 Å². The largest absolute Gasteiger partial charge is 0.497 e. The second-order valence-corrected chi connectivity index (χ2v) is 8.10. The summed E-state index contributed by atoms with van der Waals surface area (Å²) >= 11 is 4.65. The van der Waals surface area contributed by atoms with Gasteiger partial charge in [0.15, 0.2) is 4.32 Å². The van der Waals surface area contributed by atoms with E-state index in [1.165, 1.54) is 23.6 Å². The first kappa shape index (κ1) is 18.8. The monoisotopic (exact) mass is 441 g/mol. The van der Waals surface area contributed by atoms with Crippen molar-refractivity contribution in [2.24, 2.45) is 0 Å². The smallest absolute Gasteiger partial charge is 0.355 e. The number of carbonyl (C=O) groups is 3. The van der Waals surface area contributed by atoms with Crippen LogP contribution in [0, 0.1) is 0 Å². The number of rotatable bonds is 6. The fourth-order valence-corrected chi connectivity index (χ4v) is 4.59. The summed E-state index contributed by atoms with van der Waals surface area (Å²) in [6, 6.07) is 7.14. The van der Waals surface area contributed by atoms with Gasteiger partial charge in [0.25, 0.3) is 5.91 Å². The molecule has 9 heteroatoms. The zero-order chi connectivity index (χ0) is 18.9. The standard InChI is InChI=1S/C17H16BrNO6S/c1-10(20)25-9-17(18)15(22)19-13(8-26-16(17)19)14(21)24-7-11-3-5-12(23-2)6-4-11/h3-6,8,16H,7,9H2,1-2H3/t16-,17?/m1/s1. The highest BCUT2D eigenvalue weighted by Crippen LogP contribution is 2.52. The third-order valence-corrected chi connectivity index (χ3v) is 6.53. The van der Waals surface area contributed by atoms with Crippen molar-refractivity contribution in [1.82, 2.24) is 4.90 Å². The average molecular weight is 442 g/mol. The Hall–Kier alpha value is -2.00. The highest BCUT2D eigenvalue weighted by Gasteiger charge is 2.64. The van der Waals surface area contributed by atoms with Crippen LogP contribution in [0.2, 0.25) is 0 Å². The molecule has 1 aromatic rings. The molecule has 0 radical (unpaired) electrons. The summed E-state index contributed by atoms with van der Waals surface area (Å²) in [5.41, 5.74) is 0.998. The first-order valence-corrected chi connectivity index (χ1v) is 9.42. The van der Waals surface area contributed by atoms with Gasteiger partial charge < -0.3 is 14.2 Å². The molecule has 26 heavy (non-hydrogen) atoms. The Bertz CT molecular complexity index is 780. The van der Waals surface area contributed by atoms with Crippen LogP contribution in [0.4, 0.5) is 0 Å². The van der Waals surface area contributed by atoms with Crippen LogP contribution in [-0.2, 0) is 30.5 Å². The lowest BCUT2D eigenvalue weighted by Crippen LogP contribution is -2.69. The lowest BCUT2D eigenvalue weighted by Gasteiger charge is -2.48. The number of hydrogen-bond acceptors (Lipinski definition) is 7. The number of ether oxygens (including phenoxy) is 3. The van der Waals surface area contributed by atoms with Crippen LogP contribution in [0.1, 0.15) is 12.5 Å².